The van der Waals surface area contributed by atoms with E-state index in [2.05, 4.69) is 20.8 Å². The molecule has 0 bridgehead atoms. The predicted molar refractivity (Wildman–Crippen MR) is 87.0 cm³/mol. The maximum absolute atomic E-state index is 12.8. The molecule has 0 aliphatic carbocycles. The van der Waals surface area contributed by atoms with Crippen molar-refractivity contribution in [2.45, 2.75) is 67.2 Å². The van der Waals surface area contributed by atoms with Crippen molar-refractivity contribution in [3.63, 3.8) is 0 Å². The first-order valence-corrected chi connectivity index (χ1v) is 9.34. The summed E-state index contributed by atoms with van der Waals surface area (Å²) in [5.41, 5.74) is 0.155. The van der Waals surface area contributed by atoms with Crippen LogP contribution in [0.25, 0.3) is 0 Å². The van der Waals surface area contributed by atoms with Gasteiger partial charge in [0.2, 0.25) is 0 Å². The zero-order chi connectivity index (χ0) is 15.8. The van der Waals surface area contributed by atoms with Gasteiger partial charge in [-0.15, -0.1) is 0 Å². The lowest BCUT2D eigenvalue weighted by molar-refractivity contribution is 0.287. The van der Waals surface area contributed by atoms with Crippen molar-refractivity contribution < 1.29 is 8.42 Å². The molecule has 0 atom stereocenters. The highest BCUT2D eigenvalue weighted by atomic mass is 32.2. The van der Waals surface area contributed by atoms with Gasteiger partial charge in [-0.1, -0.05) is 41.5 Å². The highest BCUT2D eigenvalue weighted by molar-refractivity contribution is 7.86. The van der Waals surface area contributed by atoms with Crippen LogP contribution in [0.4, 0.5) is 0 Å². The van der Waals surface area contributed by atoms with Crippen molar-refractivity contribution in [3.05, 3.63) is 0 Å². The zero-order valence-electron chi connectivity index (χ0n) is 14.3. The molecule has 0 rings (SSSR count). The Hall–Kier alpha value is -0.130. The number of rotatable bonds is 10. The third-order valence-electron chi connectivity index (χ3n) is 3.18. The second kappa shape index (κ2) is 9.00. The fraction of sp³-hybridized carbons (Fsp3) is 1.00. The fourth-order valence-corrected chi connectivity index (χ4v) is 3.95. The monoisotopic (exact) mass is 306 g/mol. The minimum Gasteiger partial charge on any atom is -0.195 e. The molecule has 5 heteroatoms. The van der Waals surface area contributed by atoms with E-state index in [0.29, 0.717) is 26.2 Å². The van der Waals surface area contributed by atoms with E-state index in [-0.39, 0.29) is 5.41 Å². The molecule has 0 unspecified atom stereocenters. The van der Waals surface area contributed by atoms with Gasteiger partial charge in [0.25, 0.3) is 10.2 Å². The van der Waals surface area contributed by atoms with Gasteiger partial charge in [0.1, 0.15) is 0 Å². The quantitative estimate of drug-likeness (QED) is 0.620. The molecule has 0 amide bonds. The Morgan fingerprint density at radius 1 is 0.750 bits per heavy atom. The zero-order valence-corrected chi connectivity index (χ0v) is 15.1. The lowest BCUT2D eigenvalue weighted by Gasteiger charge is -2.31. The number of hydrogen-bond donors (Lipinski definition) is 0. The lowest BCUT2D eigenvalue weighted by atomic mass is 9.92. The van der Waals surface area contributed by atoms with Gasteiger partial charge >= 0.3 is 0 Å². The van der Waals surface area contributed by atoms with Crippen molar-refractivity contribution in [3.8, 4) is 0 Å². The molecular formula is C15H34N2O2S. The summed E-state index contributed by atoms with van der Waals surface area (Å²) in [6, 6.07) is 0. The van der Waals surface area contributed by atoms with Gasteiger partial charge in [-0.05, 0) is 31.1 Å². The average Bonchev–Trinajstić information content (AvgIpc) is 2.32. The van der Waals surface area contributed by atoms with Crippen LogP contribution in [0.1, 0.15) is 67.2 Å². The van der Waals surface area contributed by atoms with Crippen LogP contribution < -0.4 is 0 Å². The van der Waals surface area contributed by atoms with E-state index in [4.69, 9.17) is 0 Å². The number of nitrogens with zero attached hydrogens (tertiary/aromatic N) is 2. The summed E-state index contributed by atoms with van der Waals surface area (Å²) in [7, 11) is -3.31. The first-order chi connectivity index (χ1) is 9.19. The number of hydrogen-bond acceptors (Lipinski definition) is 2. The topological polar surface area (TPSA) is 40.6 Å². The SMILES string of the molecule is CCCN(CCC)S(=O)(=O)N(CCC)CCC(C)(C)C. The molecule has 4 nitrogen and oxygen atoms in total. The summed E-state index contributed by atoms with van der Waals surface area (Å²) >= 11 is 0. The molecule has 0 saturated heterocycles. The van der Waals surface area contributed by atoms with E-state index in [9.17, 15) is 8.42 Å². The first-order valence-electron chi connectivity index (χ1n) is 7.94. The molecule has 0 N–H and O–H groups in total. The summed E-state index contributed by atoms with van der Waals surface area (Å²) in [4.78, 5) is 0. The van der Waals surface area contributed by atoms with Crippen LogP contribution >= 0.6 is 0 Å². The molecular weight excluding hydrogens is 272 g/mol. The van der Waals surface area contributed by atoms with Gasteiger partial charge in [-0.25, -0.2) is 0 Å². The highest BCUT2D eigenvalue weighted by Gasteiger charge is 2.28. The first kappa shape index (κ1) is 19.9. The highest BCUT2D eigenvalue weighted by Crippen LogP contribution is 2.21. The molecule has 20 heavy (non-hydrogen) atoms. The van der Waals surface area contributed by atoms with Crippen LogP contribution in [0.5, 0.6) is 0 Å². The molecule has 0 heterocycles. The third kappa shape index (κ3) is 7.04. The maximum atomic E-state index is 12.8. The Balaban J connectivity index is 5.00. The smallest absolute Gasteiger partial charge is 0.195 e. The van der Waals surface area contributed by atoms with Gasteiger partial charge in [0.05, 0.1) is 0 Å². The molecule has 0 saturated carbocycles. The Morgan fingerprint density at radius 2 is 1.10 bits per heavy atom. The van der Waals surface area contributed by atoms with Crippen LogP contribution in [-0.2, 0) is 10.2 Å². The van der Waals surface area contributed by atoms with E-state index in [1.165, 1.54) is 0 Å². The second-order valence-electron chi connectivity index (χ2n) is 6.62. The van der Waals surface area contributed by atoms with E-state index < -0.39 is 10.2 Å². The minimum atomic E-state index is -3.31. The standard InChI is InChI=1S/C15H34N2O2S/c1-7-11-16(12-8-2)20(18,19)17(13-9-3)14-10-15(4,5)6/h7-14H2,1-6H3. The normalized spacial score (nSPS) is 13.4. The molecule has 0 aliphatic heterocycles. The molecule has 0 aromatic carbocycles. The molecule has 0 radical (unpaired) electrons. The largest absolute Gasteiger partial charge is 0.281 e. The summed E-state index contributed by atoms with van der Waals surface area (Å²) in [5, 5.41) is 0. The summed E-state index contributed by atoms with van der Waals surface area (Å²) in [5.74, 6) is 0. The van der Waals surface area contributed by atoms with Crippen molar-refractivity contribution >= 4 is 10.2 Å². The van der Waals surface area contributed by atoms with Crippen molar-refractivity contribution in [1.29, 1.82) is 0 Å². The molecule has 0 aromatic rings. The summed E-state index contributed by atoms with van der Waals surface area (Å²) in [6.45, 7) is 15.0. The third-order valence-corrected chi connectivity index (χ3v) is 5.22. The second-order valence-corrected chi connectivity index (χ2v) is 8.54. The van der Waals surface area contributed by atoms with E-state index in [1.807, 2.05) is 20.8 Å². The molecule has 0 aliphatic rings. The molecule has 122 valence electrons. The van der Waals surface area contributed by atoms with Crippen LogP contribution in [0.2, 0.25) is 0 Å². The minimum absolute atomic E-state index is 0.155. The van der Waals surface area contributed by atoms with Gasteiger partial charge < -0.3 is 0 Å². The Labute approximate surface area is 126 Å². The summed E-state index contributed by atoms with van der Waals surface area (Å²) < 4.78 is 28.9. The predicted octanol–water partition coefficient (Wildman–Crippen LogP) is 3.50. The Kier molecular flexibility index (Phi) is 8.95. The van der Waals surface area contributed by atoms with Gasteiger partial charge in [0.15, 0.2) is 0 Å². The van der Waals surface area contributed by atoms with E-state index >= 15 is 0 Å². The van der Waals surface area contributed by atoms with E-state index in [0.717, 1.165) is 25.7 Å². The van der Waals surface area contributed by atoms with Crippen LogP contribution in [0.15, 0.2) is 0 Å². The van der Waals surface area contributed by atoms with Crippen LogP contribution in [0.3, 0.4) is 0 Å². The molecule has 0 fully saturated rings. The van der Waals surface area contributed by atoms with E-state index in [1.54, 1.807) is 8.61 Å². The maximum Gasteiger partial charge on any atom is 0.281 e. The summed E-state index contributed by atoms with van der Waals surface area (Å²) in [6.07, 6.45) is 3.46. The van der Waals surface area contributed by atoms with Crippen molar-refractivity contribution in [2.75, 3.05) is 26.2 Å². The Morgan fingerprint density at radius 3 is 1.40 bits per heavy atom. The molecule has 0 spiro atoms. The van der Waals surface area contributed by atoms with Gasteiger partial charge in [-0.2, -0.15) is 17.0 Å². The lowest BCUT2D eigenvalue weighted by Crippen LogP contribution is -2.45. The van der Waals surface area contributed by atoms with Crippen LogP contribution in [-0.4, -0.2) is 43.2 Å². The van der Waals surface area contributed by atoms with Crippen LogP contribution in [0, 0.1) is 5.41 Å². The Bertz CT molecular complexity index is 341. The molecule has 0 aromatic heterocycles. The van der Waals surface area contributed by atoms with Gasteiger partial charge in [-0.3, -0.25) is 0 Å². The fourth-order valence-electron chi connectivity index (χ4n) is 2.06. The van der Waals surface area contributed by atoms with Crippen molar-refractivity contribution in [1.82, 2.24) is 8.61 Å². The van der Waals surface area contributed by atoms with Crippen molar-refractivity contribution in [2.24, 2.45) is 5.41 Å². The van der Waals surface area contributed by atoms with Gasteiger partial charge in [0, 0.05) is 26.2 Å². The average molecular weight is 307 g/mol.